The van der Waals surface area contributed by atoms with E-state index in [0.717, 1.165) is 6.54 Å². The van der Waals surface area contributed by atoms with Crippen LogP contribution >= 0.6 is 0 Å². The quantitative estimate of drug-likeness (QED) is 0.690. The molecule has 1 aromatic rings. The molecule has 0 spiro atoms. The summed E-state index contributed by atoms with van der Waals surface area (Å²) in [5, 5.41) is 3.34. The van der Waals surface area contributed by atoms with E-state index in [4.69, 9.17) is 0 Å². The second kappa shape index (κ2) is 5.36. The van der Waals surface area contributed by atoms with Gasteiger partial charge < -0.3 is 5.32 Å². The largest absolute Gasteiger partial charge is 0.307 e. The van der Waals surface area contributed by atoms with E-state index in [9.17, 15) is 0 Å². The Bertz CT molecular complexity index is 283. The minimum absolute atomic E-state index is 0.240. The number of rotatable bonds is 4. The van der Waals surface area contributed by atoms with Gasteiger partial charge in [-0.05, 0) is 18.2 Å². The van der Waals surface area contributed by atoms with Gasteiger partial charge in [0, 0.05) is 0 Å². The van der Waals surface area contributed by atoms with Crippen molar-refractivity contribution in [3.63, 3.8) is 0 Å². The van der Waals surface area contributed by atoms with E-state index in [0.29, 0.717) is 0 Å². The number of hydrogen-bond acceptors (Lipinski definition) is 1. The topological polar surface area (TPSA) is 12.0 Å². The van der Waals surface area contributed by atoms with Crippen LogP contribution in [0.3, 0.4) is 0 Å². The van der Waals surface area contributed by atoms with Gasteiger partial charge >= 0.3 is 0 Å². The second-order valence-electron chi connectivity index (χ2n) is 2.82. The van der Waals surface area contributed by atoms with Gasteiger partial charge in [-0.15, -0.1) is 5.73 Å². The van der Waals surface area contributed by atoms with Crippen molar-refractivity contribution in [2.45, 2.75) is 13.0 Å². The fraction of sp³-hybridized carbons (Fsp3) is 0.250. The molecule has 0 amide bonds. The molecule has 68 valence electrons. The van der Waals surface area contributed by atoms with Crippen LogP contribution in [-0.2, 0) is 0 Å². The van der Waals surface area contributed by atoms with Crippen LogP contribution in [0.1, 0.15) is 18.5 Å². The molecule has 0 saturated heterocycles. The molecule has 1 heteroatoms. The van der Waals surface area contributed by atoms with E-state index in [1.54, 1.807) is 0 Å². The third-order valence-electron chi connectivity index (χ3n) is 1.87. The zero-order valence-corrected chi connectivity index (χ0v) is 7.96. The van der Waals surface area contributed by atoms with Gasteiger partial charge in [-0.3, -0.25) is 0 Å². The van der Waals surface area contributed by atoms with Crippen molar-refractivity contribution in [3.05, 3.63) is 54.3 Å². The predicted molar refractivity (Wildman–Crippen MR) is 56.6 cm³/mol. The van der Waals surface area contributed by atoms with Crippen LogP contribution < -0.4 is 5.32 Å². The molecule has 0 aromatic heterocycles. The smallest absolute Gasteiger partial charge is 0.0580 e. The van der Waals surface area contributed by atoms with Crippen molar-refractivity contribution in [1.82, 2.24) is 5.32 Å². The first kappa shape index (κ1) is 9.79. The van der Waals surface area contributed by atoms with Crippen molar-refractivity contribution in [1.29, 1.82) is 0 Å². The minimum Gasteiger partial charge on any atom is -0.307 e. The normalized spacial score (nSPS) is 11.8. The van der Waals surface area contributed by atoms with Gasteiger partial charge in [-0.2, -0.15) is 0 Å². The third kappa shape index (κ3) is 2.90. The molecule has 0 fully saturated rings. The highest BCUT2D eigenvalue weighted by molar-refractivity contribution is 5.22. The monoisotopic (exact) mass is 173 g/mol. The fourth-order valence-electron chi connectivity index (χ4n) is 1.27. The third-order valence-corrected chi connectivity index (χ3v) is 1.87. The average Bonchev–Trinajstić information content (AvgIpc) is 2.19. The predicted octanol–water partition coefficient (Wildman–Crippen LogP) is 2.68. The molecule has 0 bridgehead atoms. The molecule has 0 aliphatic carbocycles. The van der Waals surface area contributed by atoms with Crippen molar-refractivity contribution < 1.29 is 0 Å². The van der Waals surface area contributed by atoms with Crippen LogP contribution in [0.15, 0.2) is 48.7 Å². The Morgan fingerprint density at radius 3 is 2.69 bits per heavy atom. The zero-order chi connectivity index (χ0) is 9.52. The number of hydrogen-bond donors (Lipinski definition) is 1. The maximum atomic E-state index is 3.59. The van der Waals surface area contributed by atoms with Crippen LogP contribution in [0.2, 0.25) is 0 Å². The summed E-state index contributed by atoms with van der Waals surface area (Å²) in [5.74, 6) is 0. The Morgan fingerprint density at radius 2 is 2.15 bits per heavy atom. The number of nitrogens with one attached hydrogen (secondary N) is 1. The van der Waals surface area contributed by atoms with E-state index in [-0.39, 0.29) is 6.04 Å². The minimum atomic E-state index is 0.240. The molecule has 0 saturated carbocycles. The molecule has 0 heterocycles. The van der Waals surface area contributed by atoms with Gasteiger partial charge in [-0.1, -0.05) is 43.8 Å². The van der Waals surface area contributed by atoms with Crippen LogP contribution in [0.4, 0.5) is 0 Å². The average molecular weight is 173 g/mol. The lowest BCUT2D eigenvalue weighted by Crippen LogP contribution is -2.18. The first-order chi connectivity index (χ1) is 6.38. The van der Waals surface area contributed by atoms with Gasteiger partial charge in [0.15, 0.2) is 0 Å². The summed E-state index contributed by atoms with van der Waals surface area (Å²) in [4.78, 5) is 0. The van der Waals surface area contributed by atoms with Gasteiger partial charge in [-0.25, -0.2) is 0 Å². The molecule has 1 N–H and O–H groups in total. The number of likely N-dealkylation sites (N-methyl/N-ethyl adjacent to an activating group) is 1. The van der Waals surface area contributed by atoms with Crippen LogP contribution in [0.25, 0.3) is 0 Å². The van der Waals surface area contributed by atoms with E-state index < -0.39 is 0 Å². The lowest BCUT2D eigenvalue weighted by Gasteiger charge is -2.12. The summed E-state index contributed by atoms with van der Waals surface area (Å²) in [6.07, 6.45) is 1.94. The highest BCUT2D eigenvalue weighted by Gasteiger charge is 2.03. The van der Waals surface area contributed by atoms with Gasteiger partial charge in [0.2, 0.25) is 0 Å². The highest BCUT2D eigenvalue weighted by atomic mass is 14.9. The molecule has 1 aromatic carbocycles. The van der Waals surface area contributed by atoms with Gasteiger partial charge in [0.05, 0.1) is 6.04 Å². The highest BCUT2D eigenvalue weighted by Crippen LogP contribution is 2.12. The number of benzene rings is 1. The fourth-order valence-corrected chi connectivity index (χ4v) is 1.27. The van der Waals surface area contributed by atoms with Crippen molar-refractivity contribution in [2.75, 3.05) is 6.54 Å². The van der Waals surface area contributed by atoms with E-state index in [2.05, 4.69) is 36.7 Å². The van der Waals surface area contributed by atoms with Crippen LogP contribution in [-0.4, -0.2) is 6.54 Å². The Balaban J connectivity index is 2.81. The Kier molecular flexibility index (Phi) is 4.04. The summed E-state index contributed by atoms with van der Waals surface area (Å²) >= 11 is 0. The molecule has 1 nitrogen and oxygen atoms in total. The summed E-state index contributed by atoms with van der Waals surface area (Å²) in [7, 11) is 0. The molecular weight excluding hydrogens is 158 g/mol. The molecule has 0 radical (unpaired) electrons. The van der Waals surface area contributed by atoms with Crippen LogP contribution in [0, 0.1) is 0 Å². The summed E-state index contributed by atoms with van der Waals surface area (Å²) in [5.41, 5.74) is 4.06. The molecule has 13 heavy (non-hydrogen) atoms. The van der Waals surface area contributed by atoms with E-state index >= 15 is 0 Å². The van der Waals surface area contributed by atoms with Crippen LogP contribution in [0.5, 0.6) is 0 Å². The maximum absolute atomic E-state index is 3.59. The molecule has 1 atom stereocenters. The Hall–Kier alpha value is -1.30. The first-order valence-corrected chi connectivity index (χ1v) is 4.52. The van der Waals surface area contributed by atoms with Crippen molar-refractivity contribution in [3.8, 4) is 0 Å². The SMILES string of the molecule is C=C=CC(NCC)c1ccccc1. The molecular formula is C12H15N. The summed E-state index contributed by atoms with van der Waals surface area (Å²) < 4.78 is 0. The second-order valence-corrected chi connectivity index (χ2v) is 2.82. The molecule has 0 aliphatic rings. The Labute approximate surface area is 79.8 Å². The summed E-state index contributed by atoms with van der Waals surface area (Å²) in [6.45, 7) is 6.62. The van der Waals surface area contributed by atoms with Gasteiger partial charge in [0.25, 0.3) is 0 Å². The van der Waals surface area contributed by atoms with E-state index in [1.165, 1.54) is 5.56 Å². The zero-order valence-electron chi connectivity index (χ0n) is 7.96. The molecule has 1 unspecified atom stereocenters. The van der Waals surface area contributed by atoms with Gasteiger partial charge in [0.1, 0.15) is 0 Å². The lowest BCUT2D eigenvalue weighted by atomic mass is 10.1. The Morgan fingerprint density at radius 1 is 1.46 bits per heavy atom. The van der Waals surface area contributed by atoms with Crippen molar-refractivity contribution >= 4 is 0 Å². The van der Waals surface area contributed by atoms with E-state index in [1.807, 2.05) is 24.3 Å². The maximum Gasteiger partial charge on any atom is 0.0580 e. The summed E-state index contributed by atoms with van der Waals surface area (Å²) in [6, 6.07) is 10.5. The molecule has 0 aliphatic heterocycles. The molecule has 1 rings (SSSR count). The standard InChI is InChI=1S/C12H15N/c1-3-8-12(13-4-2)11-9-6-5-7-10-11/h5-10,12-13H,1,4H2,2H3. The lowest BCUT2D eigenvalue weighted by molar-refractivity contribution is 0.649. The first-order valence-electron chi connectivity index (χ1n) is 4.52. The van der Waals surface area contributed by atoms with Crippen molar-refractivity contribution in [2.24, 2.45) is 0 Å².